The fraction of sp³-hybridized carbons (Fsp3) is 0.381. The van der Waals surface area contributed by atoms with Crippen LogP contribution in [0.1, 0.15) is 5.56 Å². The maximum Gasteiger partial charge on any atom is 0.242 e. The van der Waals surface area contributed by atoms with E-state index in [-0.39, 0.29) is 10.7 Å². The van der Waals surface area contributed by atoms with Crippen molar-refractivity contribution in [2.45, 2.75) is 11.4 Å². The molecule has 0 saturated carbocycles. The van der Waals surface area contributed by atoms with Crippen LogP contribution in [0, 0.1) is 5.82 Å². The van der Waals surface area contributed by atoms with Crippen molar-refractivity contribution in [1.82, 2.24) is 14.5 Å². The van der Waals surface area contributed by atoms with Crippen molar-refractivity contribution < 1.29 is 12.8 Å². The number of anilines is 1. The summed E-state index contributed by atoms with van der Waals surface area (Å²) < 4.78 is 40.4. The second-order valence-corrected chi connectivity index (χ2v) is 9.34. The predicted octanol–water partition coefficient (Wildman–Crippen LogP) is 1.97. The molecule has 0 unspecified atom stereocenters. The summed E-state index contributed by atoms with van der Waals surface area (Å²) in [4.78, 5) is 8.75. The van der Waals surface area contributed by atoms with Crippen LogP contribution in [0.3, 0.4) is 0 Å². The molecule has 1 N–H and O–H groups in total. The second-order valence-electron chi connectivity index (χ2n) is 7.22. The van der Waals surface area contributed by atoms with E-state index in [1.165, 1.54) is 24.5 Å². The van der Waals surface area contributed by atoms with Crippen LogP contribution in [-0.2, 0) is 16.6 Å². The molecule has 0 spiro atoms. The fourth-order valence-electron chi connectivity index (χ4n) is 3.47. The van der Waals surface area contributed by atoms with Gasteiger partial charge in [0.25, 0.3) is 0 Å². The highest BCUT2D eigenvalue weighted by Crippen LogP contribution is 2.21. The number of hydrogen-bond acceptors (Lipinski definition) is 4. The number of benzene rings is 2. The SMILES string of the molecule is CN=C(NCc1ccccc1S(=O)(=O)N(C)C)N1CCN(c2ccccc2F)CC1. The minimum absolute atomic E-state index is 0.216. The van der Waals surface area contributed by atoms with Crippen molar-refractivity contribution in [2.24, 2.45) is 4.99 Å². The minimum atomic E-state index is -3.53. The van der Waals surface area contributed by atoms with E-state index in [0.717, 1.165) is 0 Å². The van der Waals surface area contributed by atoms with Gasteiger partial charge in [0.05, 0.1) is 10.6 Å². The highest BCUT2D eigenvalue weighted by Gasteiger charge is 2.23. The summed E-state index contributed by atoms with van der Waals surface area (Å²) in [6.07, 6.45) is 0. The molecule has 30 heavy (non-hydrogen) atoms. The summed E-state index contributed by atoms with van der Waals surface area (Å²) in [5.41, 5.74) is 1.29. The molecule has 3 rings (SSSR count). The first kappa shape index (κ1) is 22.0. The predicted molar refractivity (Wildman–Crippen MR) is 118 cm³/mol. The Morgan fingerprint density at radius 1 is 1.07 bits per heavy atom. The molecule has 0 bridgehead atoms. The molecule has 7 nitrogen and oxygen atoms in total. The maximum atomic E-state index is 14.1. The monoisotopic (exact) mass is 433 g/mol. The van der Waals surface area contributed by atoms with Gasteiger partial charge in [-0.05, 0) is 23.8 Å². The topological polar surface area (TPSA) is 68.2 Å². The lowest BCUT2D eigenvalue weighted by atomic mass is 10.2. The van der Waals surface area contributed by atoms with Crippen LogP contribution in [-0.4, -0.2) is 70.9 Å². The van der Waals surface area contributed by atoms with Crippen molar-refractivity contribution in [3.8, 4) is 0 Å². The summed E-state index contributed by atoms with van der Waals surface area (Å²) in [5, 5.41) is 3.27. The molecule has 0 aliphatic carbocycles. The first-order valence-electron chi connectivity index (χ1n) is 9.80. The Morgan fingerprint density at radius 3 is 2.33 bits per heavy atom. The fourth-order valence-corrected chi connectivity index (χ4v) is 4.59. The molecule has 1 aliphatic rings. The first-order valence-corrected chi connectivity index (χ1v) is 11.2. The first-order chi connectivity index (χ1) is 14.3. The van der Waals surface area contributed by atoms with Crippen LogP contribution in [0.4, 0.5) is 10.1 Å². The molecular weight excluding hydrogens is 405 g/mol. The number of nitrogens with zero attached hydrogens (tertiary/aromatic N) is 4. The van der Waals surface area contributed by atoms with Gasteiger partial charge in [0.1, 0.15) is 5.82 Å². The lowest BCUT2D eigenvalue weighted by Crippen LogP contribution is -2.52. The lowest BCUT2D eigenvalue weighted by molar-refractivity contribution is 0.370. The van der Waals surface area contributed by atoms with E-state index in [2.05, 4.69) is 15.2 Å². The molecule has 9 heteroatoms. The average Bonchev–Trinajstić information content (AvgIpc) is 2.75. The molecule has 0 radical (unpaired) electrons. The molecule has 1 saturated heterocycles. The van der Waals surface area contributed by atoms with Gasteiger partial charge in [0.2, 0.25) is 10.0 Å². The number of para-hydroxylation sites is 1. The van der Waals surface area contributed by atoms with Crippen molar-refractivity contribution in [3.05, 3.63) is 59.9 Å². The zero-order valence-electron chi connectivity index (χ0n) is 17.5. The summed E-state index contributed by atoms with van der Waals surface area (Å²) in [6, 6.07) is 13.7. The van der Waals surface area contributed by atoms with Gasteiger partial charge in [-0.3, -0.25) is 4.99 Å². The van der Waals surface area contributed by atoms with Crippen LogP contribution < -0.4 is 10.2 Å². The number of rotatable bonds is 5. The molecule has 2 aromatic carbocycles. The average molecular weight is 434 g/mol. The minimum Gasteiger partial charge on any atom is -0.366 e. The van der Waals surface area contributed by atoms with E-state index in [1.54, 1.807) is 37.4 Å². The third-order valence-corrected chi connectivity index (χ3v) is 7.07. The van der Waals surface area contributed by atoms with Crippen LogP contribution in [0.5, 0.6) is 0 Å². The number of sulfonamides is 1. The van der Waals surface area contributed by atoms with Gasteiger partial charge < -0.3 is 15.1 Å². The van der Waals surface area contributed by atoms with E-state index >= 15 is 0 Å². The van der Waals surface area contributed by atoms with Gasteiger partial charge in [-0.2, -0.15) is 0 Å². The number of nitrogens with one attached hydrogen (secondary N) is 1. The molecule has 1 heterocycles. The van der Waals surface area contributed by atoms with Crippen LogP contribution in [0.25, 0.3) is 0 Å². The lowest BCUT2D eigenvalue weighted by Gasteiger charge is -2.37. The van der Waals surface area contributed by atoms with Crippen LogP contribution in [0.2, 0.25) is 0 Å². The van der Waals surface area contributed by atoms with Gasteiger partial charge in [0.15, 0.2) is 5.96 Å². The number of hydrogen-bond donors (Lipinski definition) is 1. The Kier molecular flexibility index (Phi) is 6.94. The molecule has 1 fully saturated rings. The van der Waals surface area contributed by atoms with Crippen molar-refractivity contribution in [1.29, 1.82) is 0 Å². The number of aliphatic imine (C=N–C) groups is 1. The van der Waals surface area contributed by atoms with Crippen molar-refractivity contribution in [2.75, 3.05) is 52.2 Å². The Bertz CT molecular complexity index is 1000. The Balaban J connectivity index is 1.65. The zero-order chi connectivity index (χ0) is 21.7. The summed E-state index contributed by atoms with van der Waals surface area (Å²) in [6.45, 7) is 3.06. The summed E-state index contributed by atoms with van der Waals surface area (Å²) in [5.74, 6) is 0.479. The molecular formula is C21H28FN5O2S. The third kappa shape index (κ3) is 4.73. The van der Waals surface area contributed by atoms with Crippen molar-refractivity contribution >= 4 is 21.7 Å². The molecule has 0 amide bonds. The smallest absolute Gasteiger partial charge is 0.242 e. The third-order valence-electron chi connectivity index (χ3n) is 5.15. The van der Waals surface area contributed by atoms with Gasteiger partial charge in [-0.15, -0.1) is 0 Å². The molecule has 0 atom stereocenters. The molecule has 162 valence electrons. The van der Waals surface area contributed by atoms with E-state index < -0.39 is 10.0 Å². The highest BCUT2D eigenvalue weighted by molar-refractivity contribution is 7.89. The van der Waals surface area contributed by atoms with E-state index in [4.69, 9.17) is 0 Å². The second kappa shape index (κ2) is 9.44. The molecule has 1 aliphatic heterocycles. The van der Waals surface area contributed by atoms with Gasteiger partial charge in [-0.1, -0.05) is 30.3 Å². The summed E-state index contributed by atoms with van der Waals surface area (Å²) >= 11 is 0. The standard InChI is InChI=1S/C21H28FN5O2S/c1-23-21(24-16-17-8-4-7-11-20(17)30(28,29)25(2)3)27-14-12-26(13-15-27)19-10-6-5-9-18(19)22/h4-11H,12-16H2,1-3H3,(H,23,24). The molecule has 0 aromatic heterocycles. The van der Waals surface area contributed by atoms with Gasteiger partial charge in [0, 0.05) is 53.9 Å². The van der Waals surface area contributed by atoms with Crippen LogP contribution in [0.15, 0.2) is 58.4 Å². The van der Waals surface area contributed by atoms with E-state index in [9.17, 15) is 12.8 Å². The highest BCUT2D eigenvalue weighted by atomic mass is 32.2. The van der Waals surface area contributed by atoms with Crippen LogP contribution >= 0.6 is 0 Å². The number of guanidine groups is 1. The summed E-state index contributed by atoms with van der Waals surface area (Å²) in [7, 11) is 1.21. The zero-order valence-corrected chi connectivity index (χ0v) is 18.4. The van der Waals surface area contributed by atoms with Gasteiger partial charge in [-0.25, -0.2) is 17.1 Å². The largest absolute Gasteiger partial charge is 0.366 e. The van der Waals surface area contributed by atoms with Crippen molar-refractivity contribution in [3.63, 3.8) is 0 Å². The maximum absolute atomic E-state index is 14.1. The quantitative estimate of drug-likeness (QED) is 0.577. The Hall–Kier alpha value is -2.65. The van der Waals surface area contributed by atoms with Gasteiger partial charge >= 0.3 is 0 Å². The van der Waals surface area contributed by atoms with E-state index in [1.807, 2.05) is 17.0 Å². The Labute approximate surface area is 177 Å². The number of piperazine rings is 1. The number of halogens is 1. The Morgan fingerprint density at radius 2 is 1.70 bits per heavy atom. The molecule has 2 aromatic rings. The normalized spacial score (nSPS) is 15.6. The van der Waals surface area contributed by atoms with E-state index in [0.29, 0.717) is 49.9 Å².